The lowest BCUT2D eigenvalue weighted by Crippen LogP contribution is -2.23. The van der Waals surface area contributed by atoms with Gasteiger partial charge in [0.2, 0.25) is 0 Å². The van der Waals surface area contributed by atoms with E-state index in [9.17, 15) is 9.59 Å². The van der Waals surface area contributed by atoms with Crippen LogP contribution in [0.25, 0.3) is 0 Å². The molecule has 0 heterocycles. The number of carboxylic acids is 1. The molecule has 0 saturated heterocycles. The zero-order valence-electron chi connectivity index (χ0n) is 8.52. The van der Waals surface area contributed by atoms with Crippen molar-refractivity contribution >= 4 is 23.3 Å². The van der Waals surface area contributed by atoms with Crippen molar-refractivity contribution in [3.05, 3.63) is 24.3 Å². The average Bonchev–Trinajstić information content (AvgIpc) is 2.18. The number of carbonyl (C=O) groups excluding carboxylic acids is 1. The van der Waals surface area contributed by atoms with Gasteiger partial charge in [-0.05, 0) is 12.1 Å². The minimum atomic E-state index is -1.50. The predicted octanol–water partition coefficient (Wildman–Crippen LogP) is 0.776. The van der Waals surface area contributed by atoms with Crippen LogP contribution in [0, 0.1) is 0 Å². The van der Waals surface area contributed by atoms with Crippen molar-refractivity contribution in [3.63, 3.8) is 0 Å². The van der Waals surface area contributed by atoms with E-state index in [4.69, 9.17) is 5.11 Å². The molecule has 1 amide bonds. The predicted molar refractivity (Wildman–Crippen MR) is 57.0 cm³/mol. The first-order valence-electron chi connectivity index (χ1n) is 4.33. The van der Waals surface area contributed by atoms with Crippen molar-refractivity contribution in [2.75, 3.05) is 24.3 Å². The van der Waals surface area contributed by atoms with Gasteiger partial charge in [-0.3, -0.25) is 4.79 Å². The van der Waals surface area contributed by atoms with E-state index in [1.54, 1.807) is 23.1 Å². The smallest absolute Gasteiger partial charge is 0.394 e. The number of anilines is 2. The number of carboxylic acid groups (broad SMARTS) is 1. The van der Waals surface area contributed by atoms with E-state index >= 15 is 0 Å². The highest BCUT2D eigenvalue weighted by Gasteiger charge is 2.13. The van der Waals surface area contributed by atoms with E-state index in [0.717, 1.165) is 5.69 Å². The fourth-order valence-electron chi connectivity index (χ4n) is 1.15. The number of nitrogens with zero attached hydrogens (tertiary/aromatic N) is 1. The van der Waals surface area contributed by atoms with E-state index in [1.165, 1.54) is 0 Å². The van der Waals surface area contributed by atoms with Gasteiger partial charge in [0.15, 0.2) is 0 Å². The molecule has 0 aliphatic rings. The van der Waals surface area contributed by atoms with Gasteiger partial charge in [0.25, 0.3) is 0 Å². The van der Waals surface area contributed by atoms with Crippen molar-refractivity contribution in [2.24, 2.45) is 0 Å². The molecular formula is C10H12N2O3. The Balaban J connectivity index is 2.94. The molecule has 0 radical (unpaired) electrons. The van der Waals surface area contributed by atoms with E-state index < -0.39 is 11.9 Å². The number of carbonyl (C=O) groups is 2. The Labute approximate surface area is 87.3 Å². The topological polar surface area (TPSA) is 69.6 Å². The summed E-state index contributed by atoms with van der Waals surface area (Å²) in [6.45, 7) is 0. The van der Waals surface area contributed by atoms with Crippen LogP contribution < -0.4 is 10.2 Å². The number of rotatable bonds is 2. The largest absolute Gasteiger partial charge is 0.474 e. The van der Waals surface area contributed by atoms with E-state index in [0.29, 0.717) is 5.69 Å². The summed E-state index contributed by atoms with van der Waals surface area (Å²) in [5, 5.41) is 10.8. The Morgan fingerprint density at radius 2 is 1.87 bits per heavy atom. The van der Waals surface area contributed by atoms with Crippen LogP contribution in [0.1, 0.15) is 0 Å². The summed E-state index contributed by atoms with van der Waals surface area (Å²) < 4.78 is 0. The minimum absolute atomic E-state index is 0.481. The number of aliphatic carboxylic acids is 1. The molecule has 0 fully saturated rings. The van der Waals surface area contributed by atoms with Crippen LogP contribution in [0.4, 0.5) is 11.4 Å². The lowest BCUT2D eigenvalue weighted by molar-refractivity contribution is -0.147. The van der Waals surface area contributed by atoms with Crippen molar-refractivity contribution in [1.29, 1.82) is 0 Å². The number of hydrogen-bond donors (Lipinski definition) is 2. The third kappa shape index (κ3) is 2.70. The first-order chi connectivity index (χ1) is 7.02. The van der Waals surface area contributed by atoms with E-state index in [-0.39, 0.29) is 0 Å². The first-order valence-corrected chi connectivity index (χ1v) is 4.33. The first kappa shape index (κ1) is 11.0. The van der Waals surface area contributed by atoms with Crippen molar-refractivity contribution in [1.82, 2.24) is 0 Å². The van der Waals surface area contributed by atoms with Gasteiger partial charge in [0, 0.05) is 14.1 Å². The van der Waals surface area contributed by atoms with Crippen molar-refractivity contribution in [3.8, 4) is 0 Å². The average molecular weight is 208 g/mol. The molecule has 15 heavy (non-hydrogen) atoms. The maximum absolute atomic E-state index is 11.0. The molecule has 0 atom stereocenters. The molecule has 1 rings (SSSR count). The zero-order chi connectivity index (χ0) is 11.4. The number of hydrogen-bond acceptors (Lipinski definition) is 3. The minimum Gasteiger partial charge on any atom is -0.474 e. The number of para-hydroxylation sites is 2. The molecule has 0 spiro atoms. The molecule has 1 aromatic carbocycles. The summed E-state index contributed by atoms with van der Waals surface area (Å²) in [6, 6.07) is 6.98. The molecule has 0 aromatic heterocycles. The standard InChI is InChI=1S/C10H12N2O3/c1-12(2)8-6-4-3-5-7(8)11-9(13)10(14)15/h3-6H,1-2H3,(H,11,13)(H,14,15). The molecule has 0 aliphatic heterocycles. The second-order valence-corrected chi connectivity index (χ2v) is 3.17. The van der Waals surface area contributed by atoms with Gasteiger partial charge in [-0.1, -0.05) is 12.1 Å². The van der Waals surface area contributed by atoms with Crippen LogP contribution in [0.2, 0.25) is 0 Å². The second kappa shape index (κ2) is 4.45. The molecule has 1 aromatic rings. The molecule has 5 nitrogen and oxygen atoms in total. The fraction of sp³-hybridized carbons (Fsp3) is 0.200. The second-order valence-electron chi connectivity index (χ2n) is 3.17. The molecule has 0 unspecified atom stereocenters. The van der Waals surface area contributed by atoms with Crippen molar-refractivity contribution < 1.29 is 14.7 Å². The monoisotopic (exact) mass is 208 g/mol. The summed E-state index contributed by atoms with van der Waals surface area (Å²) in [7, 11) is 3.62. The highest BCUT2D eigenvalue weighted by molar-refractivity contribution is 6.36. The quantitative estimate of drug-likeness (QED) is 0.704. The van der Waals surface area contributed by atoms with Gasteiger partial charge < -0.3 is 15.3 Å². The summed E-state index contributed by atoms with van der Waals surface area (Å²) >= 11 is 0. The van der Waals surface area contributed by atoms with Gasteiger partial charge in [-0.15, -0.1) is 0 Å². The lowest BCUT2D eigenvalue weighted by atomic mass is 10.2. The van der Waals surface area contributed by atoms with Gasteiger partial charge >= 0.3 is 11.9 Å². The molecular weight excluding hydrogens is 196 g/mol. The Morgan fingerprint density at radius 3 is 2.40 bits per heavy atom. The van der Waals surface area contributed by atoms with Crippen molar-refractivity contribution in [2.45, 2.75) is 0 Å². The Kier molecular flexibility index (Phi) is 3.28. The number of benzene rings is 1. The van der Waals surface area contributed by atoms with Gasteiger partial charge in [0.05, 0.1) is 11.4 Å². The van der Waals surface area contributed by atoms with Gasteiger partial charge in [0.1, 0.15) is 0 Å². The maximum atomic E-state index is 11.0. The van der Waals surface area contributed by atoms with Gasteiger partial charge in [-0.25, -0.2) is 4.79 Å². The van der Waals surface area contributed by atoms with Crippen LogP contribution in [-0.2, 0) is 9.59 Å². The summed E-state index contributed by atoms with van der Waals surface area (Å²) in [5.74, 6) is -2.53. The number of nitrogens with one attached hydrogen (secondary N) is 1. The van der Waals surface area contributed by atoms with Crippen LogP contribution in [0.5, 0.6) is 0 Å². The molecule has 80 valence electrons. The number of amides is 1. The van der Waals surface area contributed by atoms with E-state index in [1.807, 2.05) is 20.2 Å². The maximum Gasteiger partial charge on any atom is 0.394 e. The molecule has 0 saturated carbocycles. The molecule has 2 N–H and O–H groups in total. The third-order valence-electron chi connectivity index (χ3n) is 1.83. The summed E-state index contributed by atoms with van der Waals surface area (Å²) in [6.07, 6.45) is 0. The Bertz CT molecular complexity index is 388. The third-order valence-corrected chi connectivity index (χ3v) is 1.83. The van der Waals surface area contributed by atoms with Crippen LogP contribution in [-0.4, -0.2) is 31.1 Å². The highest BCUT2D eigenvalue weighted by atomic mass is 16.4. The SMILES string of the molecule is CN(C)c1ccccc1NC(=O)C(=O)O. The lowest BCUT2D eigenvalue weighted by Gasteiger charge is -2.16. The Morgan fingerprint density at radius 1 is 1.27 bits per heavy atom. The summed E-state index contributed by atoms with van der Waals surface area (Å²) in [4.78, 5) is 23.1. The molecule has 0 aliphatic carbocycles. The van der Waals surface area contributed by atoms with Crippen LogP contribution >= 0.6 is 0 Å². The zero-order valence-corrected chi connectivity index (χ0v) is 8.52. The Hall–Kier alpha value is -2.04. The highest BCUT2D eigenvalue weighted by Crippen LogP contribution is 2.23. The van der Waals surface area contributed by atoms with Gasteiger partial charge in [-0.2, -0.15) is 0 Å². The fourth-order valence-corrected chi connectivity index (χ4v) is 1.15. The van der Waals surface area contributed by atoms with Crippen LogP contribution in [0.15, 0.2) is 24.3 Å². The van der Waals surface area contributed by atoms with Crippen LogP contribution in [0.3, 0.4) is 0 Å². The molecule has 0 bridgehead atoms. The molecule has 5 heteroatoms. The normalized spacial score (nSPS) is 9.47. The van der Waals surface area contributed by atoms with E-state index in [2.05, 4.69) is 5.32 Å². The summed E-state index contributed by atoms with van der Waals surface area (Å²) in [5.41, 5.74) is 1.24.